The summed E-state index contributed by atoms with van der Waals surface area (Å²) in [6.07, 6.45) is 0.861. The number of nitrogens with zero attached hydrogens (tertiary/aromatic N) is 1. The van der Waals surface area contributed by atoms with Crippen LogP contribution in [0.1, 0.15) is 11.1 Å². The standard InChI is InChI=1S/C16H10Cl2N2/c17-11-3-1-9(2-4-11)15-14-8-10-7-12(18)5-6-13(10)16(14)20-19-15/h1-7H,8H2,(H,19,20). The maximum atomic E-state index is 6.07. The van der Waals surface area contributed by atoms with Crippen molar-refractivity contribution in [3.05, 3.63) is 63.6 Å². The van der Waals surface area contributed by atoms with Gasteiger partial charge in [0.25, 0.3) is 0 Å². The summed E-state index contributed by atoms with van der Waals surface area (Å²) in [5, 5.41) is 9.11. The van der Waals surface area contributed by atoms with Gasteiger partial charge in [0.15, 0.2) is 0 Å². The fraction of sp³-hybridized carbons (Fsp3) is 0.0625. The number of aromatic amines is 1. The summed E-state index contributed by atoms with van der Waals surface area (Å²) in [7, 11) is 0. The Morgan fingerprint density at radius 2 is 1.70 bits per heavy atom. The number of nitrogens with one attached hydrogen (secondary N) is 1. The highest BCUT2D eigenvalue weighted by atomic mass is 35.5. The van der Waals surface area contributed by atoms with Crippen molar-refractivity contribution in [1.29, 1.82) is 0 Å². The van der Waals surface area contributed by atoms with E-state index in [1.165, 1.54) is 16.7 Å². The van der Waals surface area contributed by atoms with Crippen LogP contribution in [0.25, 0.3) is 22.5 Å². The first kappa shape index (κ1) is 12.0. The van der Waals surface area contributed by atoms with Gasteiger partial charge in [-0.2, -0.15) is 5.10 Å². The van der Waals surface area contributed by atoms with E-state index >= 15 is 0 Å². The molecule has 0 saturated carbocycles. The van der Waals surface area contributed by atoms with Gasteiger partial charge in [-0.1, -0.05) is 41.4 Å². The lowest BCUT2D eigenvalue weighted by Crippen LogP contribution is -1.86. The second-order valence-corrected chi connectivity index (χ2v) is 5.78. The van der Waals surface area contributed by atoms with E-state index in [1.54, 1.807) is 0 Å². The van der Waals surface area contributed by atoms with Crippen molar-refractivity contribution in [2.24, 2.45) is 0 Å². The quantitative estimate of drug-likeness (QED) is 0.529. The maximum absolute atomic E-state index is 6.07. The summed E-state index contributed by atoms with van der Waals surface area (Å²) in [4.78, 5) is 0. The van der Waals surface area contributed by atoms with E-state index < -0.39 is 0 Å². The minimum Gasteiger partial charge on any atom is -0.277 e. The molecule has 0 saturated heterocycles. The van der Waals surface area contributed by atoms with Gasteiger partial charge in [-0.3, -0.25) is 5.10 Å². The van der Waals surface area contributed by atoms with E-state index in [4.69, 9.17) is 23.2 Å². The Balaban J connectivity index is 1.85. The maximum Gasteiger partial charge on any atom is 0.0962 e. The third-order valence-corrected chi connectivity index (χ3v) is 4.18. The first-order chi connectivity index (χ1) is 9.72. The molecule has 2 aromatic carbocycles. The van der Waals surface area contributed by atoms with Crippen molar-refractivity contribution in [3.63, 3.8) is 0 Å². The molecule has 98 valence electrons. The highest BCUT2D eigenvalue weighted by Crippen LogP contribution is 2.40. The number of hydrogen-bond donors (Lipinski definition) is 1. The molecule has 4 heteroatoms. The molecule has 1 aliphatic carbocycles. The zero-order chi connectivity index (χ0) is 13.7. The molecule has 1 heterocycles. The van der Waals surface area contributed by atoms with Gasteiger partial charge in [0, 0.05) is 33.2 Å². The topological polar surface area (TPSA) is 28.7 Å². The molecule has 1 N–H and O–H groups in total. The smallest absolute Gasteiger partial charge is 0.0962 e. The molecule has 2 nitrogen and oxygen atoms in total. The summed E-state index contributed by atoms with van der Waals surface area (Å²) >= 11 is 12.0. The molecule has 3 aromatic rings. The van der Waals surface area contributed by atoms with E-state index in [0.29, 0.717) is 0 Å². The van der Waals surface area contributed by atoms with Crippen LogP contribution in [0.5, 0.6) is 0 Å². The lowest BCUT2D eigenvalue weighted by Gasteiger charge is -2.01. The molecule has 0 fully saturated rings. The third-order valence-electron chi connectivity index (χ3n) is 3.69. The van der Waals surface area contributed by atoms with E-state index in [2.05, 4.69) is 10.2 Å². The monoisotopic (exact) mass is 300 g/mol. The van der Waals surface area contributed by atoms with Gasteiger partial charge < -0.3 is 0 Å². The Kier molecular flexibility index (Phi) is 2.62. The van der Waals surface area contributed by atoms with Crippen LogP contribution >= 0.6 is 23.2 Å². The normalized spacial score (nSPS) is 12.3. The fourth-order valence-corrected chi connectivity index (χ4v) is 3.07. The van der Waals surface area contributed by atoms with Crippen LogP contribution in [0.3, 0.4) is 0 Å². The summed E-state index contributed by atoms with van der Waals surface area (Å²) in [5.74, 6) is 0. The number of rotatable bonds is 1. The van der Waals surface area contributed by atoms with Crippen molar-refractivity contribution in [2.45, 2.75) is 6.42 Å². The van der Waals surface area contributed by atoms with E-state index in [9.17, 15) is 0 Å². The summed E-state index contributed by atoms with van der Waals surface area (Å²) in [6.45, 7) is 0. The zero-order valence-corrected chi connectivity index (χ0v) is 12.0. The Hall–Kier alpha value is -1.77. The van der Waals surface area contributed by atoms with E-state index in [0.717, 1.165) is 33.4 Å². The largest absolute Gasteiger partial charge is 0.277 e. The van der Waals surface area contributed by atoms with Gasteiger partial charge >= 0.3 is 0 Å². The van der Waals surface area contributed by atoms with Gasteiger partial charge in [-0.05, 0) is 29.8 Å². The van der Waals surface area contributed by atoms with Crippen LogP contribution < -0.4 is 0 Å². The lowest BCUT2D eigenvalue weighted by molar-refractivity contribution is 1.09. The number of benzene rings is 2. The molecule has 0 unspecified atom stereocenters. The minimum absolute atomic E-state index is 0.732. The average Bonchev–Trinajstić information content (AvgIpc) is 2.98. The molecule has 1 aliphatic rings. The highest BCUT2D eigenvalue weighted by molar-refractivity contribution is 6.31. The summed E-state index contributed by atoms with van der Waals surface area (Å²) < 4.78 is 0. The molecule has 0 spiro atoms. The van der Waals surface area contributed by atoms with Gasteiger partial charge in [-0.15, -0.1) is 0 Å². The van der Waals surface area contributed by atoms with Gasteiger partial charge in [-0.25, -0.2) is 0 Å². The van der Waals surface area contributed by atoms with Crippen LogP contribution in [0.15, 0.2) is 42.5 Å². The molecule has 0 bridgehead atoms. The number of hydrogen-bond acceptors (Lipinski definition) is 1. The molecule has 0 atom stereocenters. The SMILES string of the molecule is Clc1ccc(-c2n[nH]c3c2Cc2cc(Cl)ccc2-3)cc1. The molecule has 20 heavy (non-hydrogen) atoms. The van der Waals surface area contributed by atoms with Crippen LogP contribution in [-0.2, 0) is 6.42 Å². The van der Waals surface area contributed by atoms with Crippen LogP contribution in [0.2, 0.25) is 10.0 Å². The molecule has 0 aliphatic heterocycles. The number of halogens is 2. The number of fused-ring (bicyclic) bond motifs is 3. The fourth-order valence-electron chi connectivity index (χ4n) is 2.75. The predicted octanol–water partition coefficient (Wildman–Crippen LogP) is 4.95. The van der Waals surface area contributed by atoms with Crippen molar-refractivity contribution in [3.8, 4) is 22.5 Å². The Labute approximate surface area is 126 Å². The van der Waals surface area contributed by atoms with Crippen LogP contribution in [-0.4, -0.2) is 10.2 Å². The molecular weight excluding hydrogens is 291 g/mol. The molecule has 1 aromatic heterocycles. The van der Waals surface area contributed by atoms with E-state index in [1.807, 2.05) is 42.5 Å². The molecular formula is C16H10Cl2N2. The van der Waals surface area contributed by atoms with Crippen molar-refractivity contribution in [2.75, 3.05) is 0 Å². The van der Waals surface area contributed by atoms with Crippen molar-refractivity contribution < 1.29 is 0 Å². The summed E-state index contributed by atoms with van der Waals surface area (Å²) in [6, 6.07) is 13.7. The Morgan fingerprint density at radius 3 is 2.50 bits per heavy atom. The molecule has 4 rings (SSSR count). The van der Waals surface area contributed by atoms with Gasteiger partial charge in [0.2, 0.25) is 0 Å². The predicted molar refractivity (Wildman–Crippen MR) is 82.3 cm³/mol. The second-order valence-electron chi connectivity index (χ2n) is 4.91. The first-order valence-electron chi connectivity index (χ1n) is 6.34. The van der Waals surface area contributed by atoms with Crippen molar-refractivity contribution in [1.82, 2.24) is 10.2 Å². The number of aromatic nitrogens is 2. The highest BCUT2D eigenvalue weighted by Gasteiger charge is 2.25. The summed E-state index contributed by atoms with van der Waals surface area (Å²) in [5.41, 5.74) is 6.83. The minimum atomic E-state index is 0.732. The Morgan fingerprint density at radius 1 is 0.950 bits per heavy atom. The second kappa shape index (κ2) is 4.37. The van der Waals surface area contributed by atoms with Gasteiger partial charge in [0.1, 0.15) is 0 Å². The van der Waals surface area contributed by atoms with E-state index in [-0.39, 0.29) is 0 Å². The first-order valence-corrected chi connectivity index (χ1v) is 7.10. The van der Waals surface area contributed by atoms with Crippen LogP contribution in [0.4, 0.5) is 0 Å². The van der Waals surface area contributed by atoms with Crippen molar-refractivity contribution >= 4 is 23.2 Å². The Bertz CT molecular complexity index is 804. The molecule has 0 amide bonds. The lowest BCUT2D eigenvalue weighted by atomic mass is 10.1. The van der Waals surface area contributed by atoms with Gasteiger partial charge in [0.05, 0.1) is 11.4 Å². The number of H-pyrrole nitrogens is 1. The average molecular weight is 301 g/mol. The van der Waals surface area contributed by atoms with Crippen LogP contribution in [0, 0.1) is 0 Å². The molecule has 0 radical (unpaired) electrons. The third kappa shape index (κ3) is 1.76. The zero-order valence-electron chi connectivity index (χ0n) is 10.5.